The van der Waals surface area contributed by atoms with Crippen LogP contribution in [0.5, 0.6) is 0 Å². The molecule has 0 aliphatic carbocycles. The van der Waals surface area contributed by atoms with Crippen molar-refractivity contribution in [2.24, 2.45) is 0 Å². The van der Waals surface area contributed by atoms with Gasteiger partial charge in [-0.05, 0) is 42.8 Å². The second-order valence-electron chi connectivity index (χ2n) is 4.13. The molecule has 3 heteroatoms. The third kappa shape index (κ3) is 2.67. The van der Waals surface area contributed by atoms with E-state index in [0.717, 1.165) is 15.2 Å². The van der Waals surface area contributed by atoms with Crippen molar-refractivity contribution in [1.29, 1.82) is 0 Å². The standard InChI is InChI=1S/C14H13BrO2/c1-9(2)17-14(16)11-6-7-12-10(8-11)4-3-5-13(12)15/h3-9H,1-2H3. The number of rotatable bonds is 2. The van der Waals surface area contributed by atoms with Crippen LogP contribution in [0.25, 0.3) is 10.8 Å². The van der Waals surface area contributed by atoms with Crippen molar-refractivity contribution in [1.82, 2.24) is 0 Å². The van der Waals surface area contributed by atoms with E-state index in [1.807, 2.05) is 44.2 Å². The Labute approximate surface area is 109 Å². The second-order valence-corrected chi connectivity index (χ2v) is 4.98. The van der Waals surface area contributed by atoms with Crippen LogP contribution < -0.4 is 0 Å². The maximum atomic E-state index is 11.7. The first kappa shape index (κ1) is 12.1. The largest absolute Gasteiger partial charge is 0.459 e. The summed E-state index contributed by atoms with van der Waals surface area (Å²) in [5.74, 6) is -0.276. The van der Waals surface area contributed by atoms with Gasteiger partial charge in [0.15, 0.2) is 0 Å². The van der Waals surface area contributed by atoms with Gasteiger partial charge in [-0.2, -0.15) is 0 Å². The van der Waals surface area contributed by atoms with E-state index < -0.39 is 0 Å². The van der Waals surface area contributed by atoms with E-state index in [2.05, 4.69) is 15.9 Å². The summed E-state index contributed by atoms with van der Waals surface area (Å²) < 4.78 is 6.19. The molecule has 17 heavy (non-hydrogen) atoms. The SMILES string of the molecule is CC(C)OC(=O)c1ccc2c(Br)cccc2c1. The molecular formula is C14H13BrO2. The zero-order chi connectivity index (χ0) is 12.4. The van der Waals surface area contributed by atoms with E-state index in [0.29, 0.717) is 5.56 Å². The molecule has 0 fully saturated rings. The average molecular weight is 293 g/mol. The Bertz CT molecular complexity index is 561. The van der Waals surface area contributed by atoms with E-state index in [1.54, 1.807) is 6.07 Å². The van der Waals surface area contributed by atoms with Gasteiger partial charge in [0.25, 0.3) is 0 Å². The minimum absolute atomic E-state index is 0.0966. The molecule has 0 aromatic heterocycles. The van der Waals surface area contributed by atoms with E-state index in [9.17, 15) is 4.79 Å². The van der Waals surface area contributed by atoms with Gasteiger partial charge in [0.1, 0.15) is 0 Å². The van der Waals surface area contributed by atoms with Gasteiger partial charge in [0.2, 0.25) is 0 Å². The third-order valence-corrected chi connectivity index (χ3v) is 3.10. The first-order valence-electron chi connectivity index (χ1n) is 5.47. The number of hydrogen-bond donors (Lipinski definition) is 0. The summed E-state index contributed by atoms with van der Waals surface area (Å²) in [6, 6.07) is 11.5. The molecule has 0 atom stereocenters. The smallest absolute Gasteiger partial charge is 0.338 e. The van der Waals surface area contributed by atoms with Crippen molar-refractivity contribution >= 4 is 32.7 Å². The number of hydrogen-bond acceptors (Lipinski definition) is 2. The molecule has 2 aromatic carbocycles. The zero-order valence-corrected chi connectivity index (χ0v) is 11.3. The van der Waals surface area contributed by atoms with Crippen LogP contribution in [0, 0.1) is 0 Å². The number of carbonyl (C=O) groups is 1. The lowest BCUT2D eigenvalue weighted by atomic mass is 10.1. The molecule has 2 rings (SSSR count). The molecule has 0 heterocycles. The molecule has 0 unspecified atom stereocenters. The molecular weight excluding hydrogens is 280 g/mol. The lowest BCUT2D eigenvalue weighted by molar-refractivity contribution is 0.0378. The van der Waals surface area contributed by atoms with Crippen LogP contribution in [0.3, 0.4) is 0 Å². The van der Waals surface area contributed by atoms with Crippen molar-refractivity contribution in [3.8, 4) is 0 Å². The predicted molar refractivity (Wildman–Crippen MR) is 72.2 cm³/mol. The molecule has 2 aromatic rings. The molecule has 0 aliphatic heterocycles. The molecule has 0 saturated carbocycles. The van der Waals surface area contributed by atoms with Gasteiger partial charge in [-0.1, -0.05) is 34.1 Å². The highest BCUT2D eigenvalue weighted by Gasteiger charge is 2.10. The van der Waals surface area contributed by atoms with Crippen molar-refractivity contribution < 1.29 is 9.53 Å². The monoisotopic (exact) mass is 292 g/mol. The zero-order valence-electron chi connectivity index (χ0n) is 9.74. The van der Waals surface area contributed by atoms with Crippen LogP contribution in [0.4, 0.5) is 0 Å². The lowest BCUT2D eigenvalue weighted by Gasteiger charge is -2.08. The Morgan fingerprint density at radius 3 is 2.71 bits per heavy atom. The number of ether oxygens (including phenoxy) is 1. The predicted octanol–water partition coefficient (Wildman–Crippen LogP) is 4.17. The number of esters is 1. The van der Waals surface area contributed by atoms with Crippen LogP contribution in [0.15, 0.2) is 40.9 Å². The summed E-state index contributed by atoms with van der Waals surface area (Å²) >= 11 is 3.48. The molecule has 0 bridgehead atoms. The van der Waals surface area contributed by atoms with E-state index in [4.69, 9.17) is 4.74 Å². The fourth-order valence-corrected chi connectivity index (χ4v) is 2.17. The summed E-state index contributed by atoms with van der Waals surface area (Å²) in [7, 11) is 0. The molecule has 0 aliphatic rings. The summed E-state index contributed by atoms with van der Waals surface area (Å²) in [6.45, 7) is 3.69. The maximum absolute atomic E-state index is 11.7. The Balaban J connectivity index is 2.42. The van der Waals surface area contributed by atoms with Gasteiger partial charge in [0.05, 0.1) is 11.7 Å². The van der Waals surface area contributed by atoms with Gasteiger partial charge in [-0.3, -0.25) is 0 Å². The molecule has 88 valence electrons. The van der Waals surface area contributed by atoms with E-state index in [1.165, 1.54) is 0 Å². The Hall–Kier alpha value is -1.35. The van der Waals surface area contributed by atoms with Crippen LogP contribution in [-0.2, 0) is 4.74 Å². The first-order chi connectivity index (χ1) is 8.08. The minimum atomic E-state index is -0.276. The maximum Gasteiger partial charge on any atom is 0.338 e. The van der Waals surface area contributed by atoms with E-state index in [-0.39, 0.29) is 12.1 Å². The number of benzene rings is 2. The summed E-state index contributed by atoms with van der Waals surface area (Å²) in [6.07, 6.45) is -0.0966. The highest BCUT2D eigenvalue weighted by atomic mass is 79.9. The number of carbonyl (C=O) groups excluding carboxylic acids is 1. The lowest BCUT2D eigenvalue weighted by Crippen LogP contribution is -2.11. The van der Waals surface area contributed by atoms with Crippen molar-refractivity contribution in [3.63, 3.8) is 0 Å². The summed E-state index contributed by atoms with van der Waals surface area (Å²) in [5, 5.41) is 2.12. The topological polar surface area (TPSA) is 26.3 Å². The van der Waals surface area contributed by atoms with Gasteiger partial charge in [-0.15, -0.1) is 0 Å². The van der Waals surface area contributed by atoms with Crippen molar-refractivity contribution in [3.05, 3.63) is 46.4 Å². The Kier molecular flexibility index (Phi) is 3.48. The highest BCUT2D eigenvalue weighted by Crippen LogP contribution is 2.24. The van der Waals surface area contributed by atoms with Crippen LogP contribution in [0.2, 0.25) is 0 Å². The minimum Gasteiger partial charge on any atom is -0.459 e. The summed E-state index contributed by atoms with van der Waals surface area (Å²) in [4.78, 5) is 11.7. The van der Waals surface area contributed by atoms with Gasteiger partial charge in [-0.25, -0.2) is 4.79 Å². The number of halogens is 1. The molecule has 0 radical (unpaired) electrons. The van der Waals surface area contributed by atoms with Crippen molar-refractivity contribution in [2.45, 2.75) is 20.0 Å². The fraction of sp³-hybridized carbons (Fsp3) is 0.214. The normalized spacial score (nSPS) is 10.8. The van der Waals surface area contributed by atoms with Crippen LogP contribution >= 0.6 is 15.9 Å². The van der Waals surface area contributed by atoms with Crippen LogP contribution in [0.1, 0.15) is 24.2 Å². The van der Waals surface area contributed by atoms with Crippen LogP contribution in [-0.4, -0.2) is 12.1 Å². The molecule has 0 N–H and O–H groups in total. The Morgan fingerprint density at radius 1 is 1.24 bits per heavy atom. The highest BCUT2D eigenvalue weighted by molar-refractivity contribution is 9.10. The van der Waals surface area contributed by atoms with Crippen molar-refractivity contribution in [2.75, 3.05) is 0 Å². The number of fused-ring (bicyclic) bond motifs is 1. The molecule has 0 saturated heterocycles. The van der Waals surface area contributed by atoms with E-state index >= 15 is 0 Å². The van der Waals surface area contributed by atoms with Gasteiger partial charge in [0, 0.05) is 4.47 Å². The molecule has 0 amide bonds. The summed E-state index contributed by atoms with van der Waals surface area (Å²) in [5.41, 5.74) is 0.587. The first-order valence-corrected chi connectivity index (χ1v) is 6.26. The fourth-order valence-electron chi connectivity index (χ4n) is 1.65. The molecule has 0 spiro atoms. The molecule has 2 nitrogen and oxygen atoms in total. The second kappa shape index (κ2) is 4.88. The average Bonchev–Trinajstić information content (AvgIpc) is 2.28. The quantitative estimate of drug-likeness (QED) is 0.777. The van der Waals surface area contributed by atoms with Gasteiger partial charge >= 0.3 is 5.97 Å². The van der Waals surface area contributed by atoms with Gasteiger partial charge < -0.3 is 4.74 Å². The third-order valence-electron chi connectivity index (χ3n) is 2.41. The Morgan fingerprint density at radius 2 is 2.00 bits per heavy atom.